The molecule has 0 saturated heterocycles. The van der Waals surface area contributed by atoms with Crippen molar-refractivity contribution in [2.24, 2.45) is 10.7 Å². The number of anilines is 1. The van der Waals surface area contributed by atoms with Crippen LogP contribution in [0, 0.1) is 11.3 Å². The highest BCUT2D eigenvalue weighted by atomic mass is 79.9. The third-order valence-electron chi connectivity index (χ3n) is 2.64. The van der Waals surface area contributed by atoms with Crippen LogP contribution in [0.15, 0.2) is 58.0 Å². The third kappa shape index (κ3) is 3.84. The fourth-order valence-corrected chi connectivity index (χ4v) is 2.10. The van der Waals surface area contributed by atoms with E-state index in [2.05, 4.69) is 32.3 Å². The van der Waals surface area contributed by atoms with Crippen LogP contribution >= 0.6 is 15.9 Å². The Morgan fingerprint density at radius 2 is 2.00 bits per heavy atom. The highest BCUT2D eigenvalue weighted by Gasteiger charge is 2.01. The van der Waals surface area contributed by atoms with E-state index in [1.54, 1.807) is 18.2 Å². The second-order valence-electron chi connectivity index (χ2n) is 4.12. The Morgan fingerprint density at radius 3 is 2.65 bits per heavy atom. The monoisotopic (exact) mass is 328 g/mol. The number of nitrogens with zero attached hydrogens (tertiary/aromatic N) is 2. The number of rotatable bonds is 3. The van der Waals surface area contributed by atoms with Gasteiger partial charge in [0, 0.05) is 10.2 Å². The molecule has 0 atom stereocenters. The lowest BCUT2D eigenvalue weighted by Crippen LogP contribution is -2.22. The second kappa shape index (κ2) is 6.73. The topological polar surface area (TPSA) is 74.2 Å². The molecule has 20 heavy (non-hydrogen) atoms. The second-order valence-corrected chi connectivity index (χ2v) is 4.97. The average Bonchev–Trinajstić information content (AvgIpc) is 2.46. The van der Waals surface area contributed by atoms with Crippen molar-refractivity contribution in [2.75, 3.05) is 5.32 Å². The van der Waals surface area contributed by atoms with Gasteiger partial charge in [-0.15, -0.1) is 0 Å². The zero-order valence-electron chi connectivity index (χ0n) is 10.7. The van der Waals surface area contributed by atoms with Gasteiger partial charge in [-0.3, -0.25) is 0 Å². The molecule has 100 valence electrons. The summed E-state index contributed by atoms with van der Waals surface area (Å²) in [5.74, 6) is 0.338. The Balaban J connectivity index is 2.02. The first-order chi connectivity index (χ1) is 9.69. The minimum Gasteiger partial charge on any atom is -0.370 e. The van der Waals surface area contributed by atoms with Gasteiger partial charge in [0.2, 0.25) is 0 Å². The van der Waals surface area contributed by atoms with Gasteiger partial charge in [-0.25, -0.2) is 4.99 Å². The fourth-order valence-electron chi connectivity index (χ4n) is 1.63. The Morgan fingerprint density at radius 1 is 1.25 bits per heavy atom. The van der Waals surface area contributed by atoms with E-state index < -0.39 is 0 Å². The Hall–Kier alpha value is -2.32. The zero-order chi connectivity index (χ0) is 14.4. The predicted molar refractivity (Wildman–Crippen MR) is 84.2 cm³/mol. The van der Waals surface area contributed by atoms with Crippen molar-refractivity contribution in [3.8, 4) is 6.07 Å². The maximum absolute atomic E-state index is 8.85. The number of hydrogen-bond acceptors (Lipinski definition) is 2. The molecule has 0 bridgehead atoms. The minimum atomic E-state index is 0.338. The maximum atomic E-state index is 8.85. The fraction of sp³-hybridized carbons (Fsp3) is 0.0667. The lowest BCUT2D eigenvalue weighted by atomic mass is 10.2. The molecular weight excluding hydrogens is 316 g/mol. The summed E-state index contributed by atoms with van der Waals surface area (Å²) in [5, 5.41) is 11.8. The molecule has 0 amide bonds. The molecule has 0 unspecified atom stereocenters. The summed E-state index contributed by atoms with van der Waals surface area (Å²) < 4.78 is 0.723. The van der Waals surface area contributed by atoms with Crippen molar-refractivity contribution in [1.82, 2.24) is 0 Å². The molecule has 0 aliphatic heterocycles. The van der Waals surface area contributed by atoms with Crippen molar-refractivity contribution in [3.63, 3.8) is 0 Å². The van der Waals surface area contributed by atoms with Gasteiger partial charge in [-0.2, -0.15) is 5.26 Å². The van der Waals surface area contributed by atoms with E-state index >= 15 is 0 Å². The number of guanidine groups is 1. The van der Waals surface area contributed by atoms with Crippen molar-refractivity contribution < 1.29 is 0 Å². The van der Waals surface area contributed by atoms with Gasteiger partial charge in [0.15, 0.2) is 5.96 Å². The van der Waals surface area contributed by atoms with Crippen molar-refractivity contribution in [2.45, 2.75) is 6.54 Å². The van der Waals surface area contributed by atoms with E-state index in [0.717, 1.165) is 15.7 Å². The largest absolute Gasteiger partial charge is 0.370 e. The molecule has 5 heteroatoms. The molecule has 0 saturated carbocycles. The highest BCUT2D eigenvalue weighted by molar-refractivity contribution is 9.10. The van der Waals surface area contributed by atoms with Gasteiger partial charge in [-0.1, -0.05) is 30.3 Å². The smallest absolute Gasteiger partial charge is 0.193 e. The molecular formula is C15H13BrN4. The van der Waals surface area contributed by atoms with Crippen LogP contribution in [0.25, 0.3) is 0 Å². The van der Waals surface area contributed by atoms with Crippen molar-refractivity contribution in [1.29, 1.82) is 5.26 Å². The van der Waals surface area contributed by atoms with E-state index in [1.165, 1.54) is 0 Å². The van der Waals surface area contributed by atoms with Crippen LogP contribution < -0.4 is 11.1 Å². The predicted octanol–water partition coefficient (Wildman–Crippen LogP) is 3.25. The lowest BCUT2D eigenvalue weighted by Gasteiger charge is -2.06. The number of benzene rings is 2. The first kappa shape index (κ1) is 14.1. The molecule has 2 aromatic carbocycles. The van der Waals surface area contributed by atoms with Gasteiger partial charge in [-0.05, 0) is 39.7 Å². The molecule has 3 N–H and O–H groups in total. The van der Waals surface area contributed by atoms with E-state index in [4.69, 9.17) is 11.0 Å². The molecule has 0 spiro atoms. The molecule has 0 radical (unpaired) electrons. The lowest BCUT2D eigenvalue weighted by molar-refractivity contribution is 1.06. The number of hydrogen-bond donors (Lipinski definition) is 2. The van der Waals surface area contributed by atoms with Crippen LogP contribution in [0.1, 0.15) is 11.1 Å². The van der Waals surface area contributed by atoms with Crippen molar-refractivity contribution >= 4 is 27.6 Å². The molecule has 0 fully saturated rings. The standard InChI is InChI=1S/C15H13BrN4/c16-14-8-13(7-6-12(14)9-17)20-15(18)19-10-11-4-2-1-3-5-11/h1-8H,10H2,(H3,18,19,20). The van der Waals surface area contributed by atoms with Crippen LogP contribution in [0.3, 0.4) is 0 Å². The van der Waals surface area contributed by atoms with Gasteiger partial charge in [0.1, 0.15) is 6.07 Å². The van der Waals surface area contributed by atoms with Gasteiger partial charge < -0.3 is 11.1 Å². The summed E-state index contributed by atoms with van der Waals surface area (Å²) in [5.41, 5.74) is 8.29. The number of aliphatic imine (C=N–C) groups is 1. The number of nitrogens with one attached hydrogen (secondary N) is 1. The molecule has 0 heterocycles. The van der Waals surface area contributed by atoms with Gasteiger partial charge in [0.05, 0.1) is 12.1 Å². The van der Waals surface area contributed by atoms with E-state index in [-0.39, 0.29) is 0 Å². The SMILES string of the molecule is N#Cc1ccc(NC(N)=NCc2ccccc2)cc1Br. The zero-order valence-corrected chi connectivity index (χ0v) is 12.3. The molecule has 0 aliphatic carbocycles. The summed E-state index contributed by atoms with van der Waals surface area (Å²) in [6.07, 6.45) is 0. The summed E-state index contributed by atoms with van der Waals surface area (Å²) in [4.78, 5) is 4.26. The first-order valence-corrected chi connectivity index (χ1v) is 6.79. The molecule has 2 rings (SSSR count). The quantitative estimate of drug-likeness (QED) is 0.670. The van der Waals surface area contributed by atoms with E-state index in [1.807, 2.05) is 30.3 Å². The van der Waals surface area contributed by atoms with Gasteiger partial charge >= 0.3 is 0 Å². The molecule has 2 aromatic rings. The number of halogens is 1. The van der Waals surface area contributed by atoms with E-state index in [0.29, 0.717) is 18.1 Å². The Kier molecular flexibility index (Phi) is 4.75. The highest BCUT2D eigenvalue weighted by Crippen LogP contribution is 2.20. The van der Waals surface area contributed by atoms with Crippen LogP contribution in [-0.2, 0) is 6.54 Å². The van der Waals surface area contributed by atoms with Crippen LogP contribution in [0.5, 0.6) is 0 Å². The van der Waals surface area contributed by atoms with E-state index in [9.17, 15) is 0 Å². The summed E-state index contributed by atoms with van der Waals surface area (Å²) in [6, 6.07) is 17.3. The summed E-state index contributed by atoms with van der Waals surface area (Å²) in [6.45, 7) is 0.525. The summed E-state index contributed by atoms with van der Waals surface area (Å²) in [7, 11) is 0. The summed E-state index contributed by atoms with van der Waals surface area (Å²) >= 11 is 3.33. The maximum Gasteiger partial charge on any atom is 0.193 e. The molecule has 4 nitrogen and oxygen atoms in total. The van der Waals surface area contributed by atoms with Crippen LogP contribution in [0.4, 0.5) is 5.69 Å². The average molecular weight is 329 g/mol. The third-order valence-corrected chi connectivity index (χ3v) is 3.29. The van der Waals surface area contributed by atoms with Crippen LogP contribution in [-0.4, -0.2) is 5.96 Å². The number of nitriles is 1. The Bertz CT molecular complexity index is 659. The minimum absolute atomic E-state index is 0.338. The van der Waals surface area contributed by atoms with Crippen molar-refractivity contribution in [3.05, 3.63) is 64.1 Å². The first-order valence-electron chi connectivity index (χ1n) is 5.99. The molecule has 0 aliphatic rings. The van der Waals surface area contributed by atoms with Gasteiger partial charge in [0.25, 0.3) is 0 Å². The molecule has 0 aromatic heterocycles. The number of nitrogens with two attached hydrogens (primary N) is 1. The normalized spacial score (nSPS) is 10.9. The Labute approximate surface area is 126 Å². The van der Waals surface area contributed by atoms with Crippen LogP contribution in [0.2, 0.25) is 0 Å².